The molecule has 5 aromatic rings. The average molecular weight is 697 g/mol. The third-order valence-corrected chi connectivity index (χ3v) is 10.7. The zero-order valence-electron chi connectivity index (χ0n) is 30.1. The molecular weight excluding hydrogens is 652 g/mol. The predicted molar refractivity (Wildman–Crippen MR) is 201 cm³/mol. The van der Waals surface area contributed by atoms with E-state index in [1.165, 1.54) is 5.56 Å². The molecule has 1 N–H and O–H groups in total. The zero-order valence-corrected chi connectivity index (χ0v) is 30.1. The number of amides is 3. The van der Waals surface area contributed by atoms with Gasteiger partial charge in [0.15, 0.2) is 0 Å². The Bertz CT molecular complexity index is 2140. The maximum absolute atomic E-state index is 15.0. The number of methoxy groups -OCH3 is 1. The van der Waals surface area contributed by atoms with Crippen molar-refractivity contribution in [3.05, 3.63) is 142 Å². The highest BCUT2D eigenvalue weighted by molar-refractivity contribution is 6.08. The van der Waals surface area contributed by atoms with E-state index in [9.17, 15) is 19.5 Å². The first-order chi connectivity index (χ1) is 25.1. The standard InChI is InChI=1S/C43H44N4O5/c1-28-37(42(50)45(3)34-14-16-36(48)17-15-34)24-40(44(28)2)38-22-31-18-19-46(41(49)20-29-10-6-5-7-11-29)25-33(31)23-39(38)43(51)47-26-32-13-9-8-12-30(32)21-35(47)27-52-4/h5-17,22-24,35,48H,18-21,25-27H2,1-4H3/t35-/m0/s1. The number of hydrogen-bond donors (Lipinski definition) is 1. The first kappa shape index (κ1) is 34.8. The number of anilines is 1. The summed E-state index contributed by atoms with van der Waals surface area (Å²) in [5.74, 6) is -0.132. The van der Waals surface area contributed by atoms with Gasteiger partial charge in [0, 0.05) is 69.0 Å². The van der Waals surface area contributed by atoms with Gasteiger partial charge >= 0.3 is 0 Å². The van der Waals surface area contributed by atoms with Gasteiger partial charge in [-0.15, -0.1) is 0 Å². The van der Waals surface area contributed by atoms with Crippen LogP contribution in [0.4, 0.5) is 5.69 Å². The topological polar surface area (TPSA) is 95.3 Å². The van der Waals surface area contributed by atoms with Crippen LogP contribution in [-0.4, -0.2) is 70.5 Å². The summed E-state index contributed by atoms with van der Waals surface area (Å²) in [6, 6.07) is 30.3. The van der Waals surface area contributed by atoms with Gasteiger partial charge in [-0.2, -0.15) is 0 Å². The van der Waals surface area contributed by atoms with E-state index in [1.54, 1.807) is 43.3 Å². The summed E-state index contributed by atoms with van der Waals surface area (Å²) in [5.41, 5.74) is 9.31. The fourth-order valence-corrected chi connectivity index (χ4v) is 7.56. The molecule has 1 aromatic heterocycles. The third kappa shape index (κ3) is 6.72. The summed E-state index contributed by atoms with van der Waals surface area (Å²) < 4.78 is 7.62. The number of ether oxygens (including phenoxy) is 1. The largest absolute Gasteiger partial charge is 0.508 e. The van der Waals surface area contributed by atoms with E-state index >= 15 is 0 Å². The Balaban J connectivity index is 1.29. The first-order valence-electron chi connectivity index (χ1n) is 17.7. The van der Waals surface area contributed by atoms with E-state index < -0.39 is 0 Å². The van der Waals surface area contributed by atoms with Crippen LogP contribution in [0.25, 0.3) is 11.3 Å². The molecule has 0 radical (unpaired) electrons. The average Bonchev–Trinajstić information content (AvgIpc) is 3.46. The molecule has 7 rings (SSSR count). The Morgan fingerprint density at radius 3 is 2.29 bits per heavy atom. The number of rotatable bonds is 8. The molecule has 2 aliphatic rings. The van der Waals surface area contributed by atoms with Crippen LogP contribution in [0, 0.1) is 6.92 Å². The summed E-state index contributed by atoms with van der Waals surface area (Å²) in [5, 5.41) is 9.79. The lowest BCUT2D eigenvalue weighted by atomic mass is 9.89. The Morgan fingerprint density at radius 2 is 1.56 bits per heavy atom. The fraction of sp³-hybridized carbons (Fsp3) is 0.279. The summed E-state index contributed by atoms with van der Waals surface area (Å²) >= 11 is 0. The molecule has 0 saturated heterocycles. The normalized spacial score (nSPS) is 15.2. The number of aromatic nitrogens is 1. The second kappa shape index (κ2) is 14.5. The number of fused-ring (bicyclic) bond motifs is 2. The lowest BCUT2D eigenvalue weighted by molar-refractivity contribution is -0.131. The minimum Gasteiger partial charge on any atom is -0.508 e. The van der Waals surface area contributed by atoms with Crippen molar-refractivity contribution in [2.24, 2.45) is 7.05 Å². The molecule has 0 aliphatic carbocycles. The minimum atomic E-state index is -0.198. The molecule has 9 nitrogen and oxygen atoms in total. The van der Waals surface area contributed by atoms with E-state index in [1.807, 2.05) is 82.9 Å². The molecule has 52 heavy (non-hydrogen) atoms. The van der Waals surface area contributed by atoms with Crippen LogP contribution in [0.15, 0.2) is 97.1 Å². The van der Waals surface area contributed by atoms with Gasteiger partial charge in [-0.3, -0.25) is 14.4 Å². The van der Waals surface area contributed by atoms with Gasteiger partial charge in [-0.1, -0.05) is 54.6 Å². The van der Waals surface area contributed by atoms with Crippen molar-refractivity contribution in [1.29, 1.82) is 0 Å². The quantitative estimate of drug-likeness (QED) is 0.205. The Kier molecular flexibility index (Phi) is 9.71. The molecule has 0 spiro atoms. The van der Waals surface area contributed by atoms with Crippen LogP contribution in [0.1, 0.15) is 54.2 Å². The van der Waals surface area contributed by atoms with Gasteiger partial charge in [0.25, 0.3) is 11.8 Å². The predicted octanol–water partition coefficient (Wildman–Crippen LogP) is 6.32. The molecule has 0 unspecified atom stereocenters. The molecule has 2 aliphatic heterocycles. The molecular formula is C43H44N4O5. The molecule has 266 valence electrons. The van der Waals surface area contributed by atoms with Gasteiger partial charge in [0.2, 0.25) is 5.91 Å². The third-order valence-electron chi connectivity index (χ3n) is 10.7. The summed E-state index contributed by atoms with van der Waals surface area (Å²) in [6.45, 7) is 3.76. The number of carbonyl (C=O) groups is 3. The molecule has 0 fully saturated rings. The lowest BCUT2D eigenvalue weighted by Gasteiger charge is -2.37. The van der Waals surface area contributed by atoms with Gasteiger partial charge in [-0.05, 0) is 90.0 Å². The van der Waals surface area contributed by atoms with E-state index in [-0.39, 0.29) is 29.5 Å². The van der Waals surface area contributed by atoms with Crippen molar-refractivity contribution in [3.63, 3.8) is 0 Å². The van der Waals surface area contributed by atoms with E-state index in [4.69, 9.17) is 4.74 Å². The van der Waals surface area contributed by atoms with E-state index in [0.717, 1.165) is 39.2 Å². The van der Waals surface area contributed by atoms with Crippen LogP contribution >= 0.6 is 0 Å². The summed E-state index contributed by atoms with van der Waals surface area (Å²) in [7, 11) is 5.29. The Hall–Kier alpha value is -5.67. The number of benzene rings is 4. The maximum atomic E-state index is 15.0. The van der Waals surface area contributed by atoms with Gasteiger partial charge < -0.3 is 29.1 Å². The smallest absolute Gasteiger partial charge is 0.259 e. The Morgan fingerprint density at radius 1 is 0.846 bits per heavy atom. The molecule has 3 amide bonds. The monoisotopic (exact) mass is 696 g/mol. The number of nitrogens with zero attached hydrogens (tertiary/aromatic N) is 4. The summed E-state index contributed by atoms with van der Waals surface area (Å²) in [4.78, 5) is 47.7. The van der Waals surface area contributed by atoms with Crippen molar-refractivity contribution in [3.8, 4) is 17.0 Å². The summed E-state index contributed by atoms with van der Waals surface area (Å²) in [6.07, 6.45) is 1.66. The van der Waals surface area contributed by atoms with Crippen molar-refractivity contribution < 1.29 is 24.2 Å². The lowest BCUT2D eigenvalue weighted by Crippen LogP contribution is -2.47. The second-order valence-electron chi connectivity index (χ2n) is 13.9. The van der Waals surface area contributed by atoms with E-state index in [2.05, 4.69) is 18.2 Å². The zero-order chi connectivity index (χ0) is 36.5. The molecule has 1 atom stereocenters. The number of aromatic hydroxyl groups is 1. The molecule has 9 heteroatoms. The molecule has 4 aromatic carbocycles. The second-order valence-corrected chi connectivity index (χ2v) is 13.9. The van der Waals surface area contributed by atoms with Crippen LogP contribution < -0.4 is 4.90 Å². The maximum Gasteiger partial charge on any atom is 0.259 e. The van der Waals surface area contributed by atoms with Crippen molar-refractivity contribution in [2.45, 2.75) is 45.3 Å². The van der Waals surface area contributed by atoms with Crippen LogP contribution in [0.5, 0.6) is 5.75 Å². The van der Waals surface area contributed by atoms with Gasteiger partial charge in [0.1, 0.15) is 5.75 Å². The minimum absolute atomic E-state index is 0.0561. The van der Waals surface area contributed by atoms with Gasteiger partial charge in [0.05, 0.1) is 24.6 Å². The van der Waals surface area contributed by atoms with Gasteiger partial charge in [-0.25, -0.2) is 0 Å². The number of phenolic OH excluding ortho intramolecular Hbond substituents is 1. The molecule has 3 heterocycles. The van der Waals surface area contributed by atoms with Crippen LogP contribution in [-0.2, 0) is 48.9 Å². The number of carbonyl (C=O) groups excluding carboxylic acids is 3. The molecule has 0 bridgehead atoms. The highest BCUT2D eigenvalue weighted by Gasteiger charge is 2.34. The highest BCUT2D eigenvalue weighted by Crippen LogP contribution is 2.36. The van der Waals surface area contributed by atoms with Crippen molar-refractivity contribution >= 4 is 23.4 Å². The van der Waals surface area contributed by atoms with Crippen molar-refractivity contribution in [1.82, 2.24) is 14.4 Å². The molecule has 0 saturated carbocycles. The van der Waals surface area contributed by atoms with E-state index in [0.29, 0.717) is 62.3 Å². The highest BCUT2D eigenvalue weighted by atomic mass is 16.5. The number of hydrogen-bond acceptors (Lipinski definition) is 5. The fourth-order valence-electron chi connectivity index (χ4n) is 7.56. The van der Waals surface area contributed by atoms with Crippen molar-refractivity contribution in [2.75, 3.05) is 32.2 Å². The Labute approximate surface area is 304 Å². The first-order valence-corrected chi connectivity index (χ1v) is 17.7. The SMILES string of the molecule is COC[C@@H]1Cc2ccccc2CN1C(=O)c1cc2c(cc1-c1cc(C(=O)N(C)c3ccc(O)cc3)c(C)n1C)CCN(C(=O)Cc1ccccc1)C2. The number of phenols is 1. The van der Waals surface area contributed by atoms with Crippen LogP contribution in [0.3, 0.4) is 0 Å². The van der Waals surface area contributed by atoms with Crippen LogP contribution in [0.2, 0.25) is 0 Å².